The van der Waals surface area contributed by atoms with Crippen LogP contribution in [-0.4, -0.2) is 99.8 Å². The zero-order valence-electron chi connectivity index (χ0n) is 19.3. The van der Waals surface area contributed by atoms with Crippen molar-refractivity contribution in [2.75, 3.05) is 64.3 Å². The summed E-state index contributed by atoms with van der Waals surface area (Å²) in [5.74, 6) is 1.87. The maximum atomic E-state index is 12.9. The van der Waals surface area contributed by atoms with Crippen molar-refractivity contribution in [2.45, 2.75) is 19.4 Å². The van der Waals surface area contributed by atoms with E-state index in [0.29, 0.717) is 12.8 Å². The first-order chi connectivity index (χ1) is 16.2. The first-order valence-electron chi connectivity index (χ1n) is 11.8. The van der Waals surface area contributed by atoms with Gasteiger partial charge in [-0.2, -0.15) is 4.52 Å². The standard InChI is InChI=1S/C24H32N8O/c1-28-11-15-30(16-12-28)23-8-7-21-25-26-22(32(21)27-23)9-10-24(33)31-17-13-29(14-18-31)19-20-5-3-2-4-6-20/h2-8H,9-19H2,1H3. The van der Waals surface area contributed by atoms with Crippen molar-refractivity contribution in [1.29, 1.82) is 0 Å². The quantitative estimate of drug-likeness (QED) is 0.560. The van der Waals surface area contributed by atoms with Crippen molar-refractivity contribution < 1.29 is 4.79 Å². The number of carbonyl (C=O) groups is 1. The maximum absolute atomic E-state index is 12.9. The van der Waals surface area contributed by atoms with Crippen molar-refractivity contribution in [2.24, 2.45) is 0 Å². The Labute approximate surface area is 194 Å². The van der Waals surface area contributed by atoms with Crippen LogP contribution >= 0.6 is 0 Å². The van der Waals surface area contributed by atoms with Crippen LogP contribution in [0, 0.1) is 0 Å². The van der Waals surface area contributed by atoms with Gasteiger partial charge in [0, 0.05) is 71.7 Å². The lowest BCUT2D eigenvalue weighted by molar-refractivity contribution is -0.133. The number of piperazine rings is 2. The molecule has 9 nitrogen and oxygen atoms in total. The van der Waals surface area contributed by atoms with Crippen molar-refractivity contribution in [1.82, 2.24) is 34.5 Å². The summed E-state index contributed by atoms with van der Waals surface area (Å²) in [5.41, 5.74) is 2.05. The van der Waals surface area contributed by atoms with E-state index >= 15 is 0 Å². The Balaban J connectivity index is 1.15. The van der Waals surface area contributed by atoms with Crippen LogP contribution in [0.1, 0.15) is 17.8 Å². The van der Waals surface area contributed by atoms with Crippen LogP contribution in [0.3, 0.4) is 0 Å². The molecule has 4 heterocycles. The van der Waals surface area contributed by atoms with E-state index in [2.05, 4.69) is 56.2 Å². The molecule has 1 aromatic carbocycles. The molecule has 9 heteroatoms. The van der Waals surface area contributed by atoms with Gasteiger partial charge < -0.3 is 14.7 Å². The highest BCUT2D eigenvalue weighted by molar-refractivity contribution is 5.76. The van der Waals surface area contributed by atoms with Gasteiger partial charge in [-0.1, -0.05) is 30.3 Å². The predicted octanol–water partition coefficient (Wildman–Crippen LogP) is 1.15. The monoisotopic (exact) mass is 448 g/mol. The Hall–Kier alpha value is -3.04. The molecule has 0 radical (unpaired) electrons. The smallest absolute Gasteiger partial charge is 0.223 e. The summed E-state index contributed by atoms with van der Waals surface area (Å²) in [6.07, 6.45) is 0.976. The van der Waals surface area contributed by atoms with Gasteiger partial charge in [0.25, 0.3) is 0 Å². The summed E-state index contributed by atoms with van der Waals surface area (Å²) in [6.45, 7) is 8.28. The van der Waals surface area contributed by atoms with E-state index in [-0.39, 0.29) is 5.91 Å². The Morgan fingerprint density at radius 1 is 0.879 bits per heavy atom. The summed E-state index contributed by atoms with van der Waals surface area (Å²) >= 11 is 0. The summed E-state index contributed by atoms with van der Waals surface area (Å²) in [5, 5.41) is 13.4. The van der Waals surface area contributed by atoms with E-state index in [1.165, 1.54) is 5.56 Å². The molecule has 2 saturated heterocycles. The molecule has 0 spiro atoms. The van der Waals surface area contributed by atoms with Crippen LogP contribution in [0.4, 0.5) is 5.82 Å². The number of amides is 1. The zero-order chi connectivity index (χ0) is 22.6. The Morgan fingerprint density at radius 2 is 1.64 bits per heavy atom. The number of hydrogen-bond donors (Lipinski definition) is 0. The highest BCUT2D eigenvalue weighted by Crippen LogP contribution is 2.16. The molecule has 174 valence electrons. The average molecular weight is 449 g/mol. The SMILES string of the molecule is CN1CCN(c2ccc3nnc(CCC(=O)N4CCN(Cc5ccccc5)CC4)n3n2)CC1. The average Bonchev–Trinajstić information content (AvgIpc) is 3.26. The molecule has 0 N–H and O–H groups in total. The number of likely N-dealkylation sites (N-methyl/N-ethyl adjacent to an activating group) is 1. The van der Waals surface area contributed by atoms with Crippen LogP contribution in [0.25, 0.3) is 5.65 Å². The highest BCUT2D eigenvalue weighted by Gasteiger charge is 2.22. The molecule has 0 aliphatic carbocycles. The fourth-order valence-electron chi connectivity index (χ4n) is 4.56. The molecule has 3 aromatic rings. The second-order valence-electron chi connectivity index (χ2n) is 9.01. The molecule has 2 fully saturated rings. The molecule has 1 amide bonds. The number of aryl methyl sites for hydroxylation is 1. The normalized spacial score (nSPS) is 18.2. The fourth-order valence-corrected chi connectivity index (χ4v) is 4.56. The fraction of sp³-hybridized carbons (Fsp3) is 0.500. The maximum Gasteiger partial charge on any atom is 0.223 e. The highest BCUT2D eigenvalue weighted by atomic mass is 16.2. The van der Waals surface area contributed by atoms with Gasteiger partial charge in [-0.25, -0.2) is 0 Å². The number of anilines is 1. The van der Waals surface area contributed by atoms with E-state index in [1.807, 2.05) is 23.1 Å². The second-order valence-corrected chi connectivity index (χ2v) is 9.01. The third kappa shape index (κ3) is 5.15. The molecule has 0 bridgehead atoms. The van der Waals surface area contributed by atoms with Gasteiger partial charge in [0.1, 0.15) is 5.82 Å². The molecule has 2 aliphatic rings. The molecule has 5 rings (SSSR count). The molecule has 0 saturated carbocycles. The van der Waals surface area contributed by atoms with Crippen molar-refractivity contribution >= 4 is 17.4 Å². The first-order valence-corrected chi connectivity index (χ1v) is 11.8. The van der Waals surface area contributed by atoms with Gasteiger partial charge in [0.05, 0.1) is 0 Å². The molecular weight excluding hydrogens is 416 g/mol. The van der Waals surface area contributed by atoms with Crippen molar-refractivity contribution in [3.05, 3.63) is 53.9 Å². The van der Waals surface area contributed by atoms with E-state index in [9.17, 15) is 4.79 Å². The lowest BCUT2D eigenvalue weighted by Crippen LogP contribution is -2.48. The van der Waals surface area contributed by atoms with Gasteiger partial charge in [0.2, 0.25) is 5.91 Å². The molecule has 0 atom stereocenters. The molecule has 2 aliphatic heterocycles. The molecule has 0 unspecified atom stereocenters. The second kappa shape index (κ2) is 9.84. The minimum Gasteiger partial charge on any atom is -0.353 e. The number of benzene rings is 1. The third-order valence-electron chi connectivity index (χ3n) is 6.68. The van der Waals surface area contributed by atoms with Crippen molar-refractivity contribution in [3.63, 3.8) is 0 Å². The van der Waals surface area contributed by atoms with Crippen LogP contribution in [-0.2, 0) is 17.8 Å². The van der Waals surface area contributed by atoms with Crippen molar-refractivity contribution in [3.8, 4) is 0 Å². The Bertz CT molecular complexity index is 1070. The largest absolute Gasteiger partial charge is 0.353 e. The van der Waals surface area contributed by atoms with Gasteiger partial charge >= 0.3 is 0 Å². The van der Waals surface area contributed by atoms with Crippen LogP contribution in [0.2, 0.25) is 0 Å². The number of carbonyl (C=O) groups excluding carboxylic acids is 1. The summed E-state index contributed by atoms with van der Waals surface area (Å²) < 4.78 is 1.80. The lowest BCUT2D eigenvalue weighted by atomic mass is 10.2. The zero-order valence-corrected chi connectivity index (χ0v) is 19.3. The van der Waals surface area contributed by atoms with E-state index in [4.69, 9.17) is 5.10 Å². The summed E-state index contributed by atoms with van der Waals surface area (Å²) in [6, 6.07) is 14.5. The minimum atomic E-state index is 0.182. The number of hydrogen-bond acceptors (Lipinski definition) is 7. The summed E-state index contributed by atoms with van der Waals surface area (Å²) in [4.78, 5) is 21.9. The molecular formula is C24H32N8O. The van der Waals surface area contributed by atoms with Crippen LogP contribution in [0.5, 0.6) is 0 Å². The van der Waals surface area contributed by atoms with Gasteiger partial charge in [0.15, 0.2) is 11.5 Å². The Kier molecular flexibility index (Phi) is 6.50. The number of rotatable bonds is 6. The van der Waals surface area contributed by atoms with Gasteiger partial charge in [-0.3, -0.25) is 9.69 Å². The Morgan fingerprint density at radius 3 is 2.39 bits per heavy atom. The molecule has 33 heavy (non-hydrogen) atoms. The van der Waals surface area contributed by atoms with E-state index < -0.39 is 0 Å². The number of nitrogens with zero attached hydrogens (tertiary/aromatic N) is 8. The van der Waals surface area contributed by atoms with Gasteiger partial charge in [-0.15, -0.1) is 15.3 Å². The molecule has 2 aromatic heterocycles. The number of aromatic nitrogens is 4. The number of fused-ring (bicyclic) bond motifs is 1. The predicted molar refractivity (Wildman–Crippen MR) is 127 cm³/mol. The first kappa shape index (κ1) is 21.8. The van der Waals surface area contributed by atoms with E-state index in [0.717, 1.165) is 76.2 Å². The van der Waals surface area contributed by atoms with Crippen LogP contribution in [0.15, 0.2) is 42.5 Å². The topological polar surface area (TPSA) is 73.1 Å². The van der Waals surface area contributed by atoms with Gasteiger partial charge in [-0.05, 0) is 24.7 Å². The van der Waals surface area contributed by atoms with E-state index in [1.54, 1.807) is 4.52 Å². The summed E-state index contributed by atoms with van der Waals surface area (Å²) in [7, 11) is 2.14. The third-order valence-corrected chi connectivity index (χ3v) is 6.68. The van der Waals surface area contributed by atoms with Crippen LogP contribution < -0.4 is 4.90 Å². The lowest BCUT2D eigenvalue weighted by Gasteiger charge is -2.34. The minimum absolute atomic E-state index is 0.182.